The third-order valence-electron chi connectivity index (χ3n) is 5.28. The Labute approximate surface area is 201 Å². The van der Waals surface area contributed by atoms with Crippen molar-refractivity contribution in [2.45, 2.75) is 73.1 Å². The summed E-state index contributed by atoms with van der Waals surface area (Å²) in [6.07, 6.45) is 11.1. The molecule has 0 amide bonds. The fraction of sp³-hybridized carbons (Fsp3) is 0.519. The number of hydrogen-bond donors (Lipinski definition) is 4. The van der Waals surface area contributed by atoms with Crippen molar-refractivity contribution in [2.24, 2.45) is 17.4 Å². The number of unbranched alkanes of at least 4 members (excludes halogenated alkanes) is 2. The van der Waals surface area contributed by atoms with E-state index in [1.807, 2.05) is 44.2 Å². The number of nitrogens with one attached hydrogen (secondary N) is 2. The standard InChI is InChI=1S/C16H19N5.C10H22.CH5N/c1-3-19-16-7-6-15(20-21-16)14-5-4-12(8-11(14)2)13(9-17)10-18;1-4-6-7-9-10(3)8-5-2;1-2/h4-10,17H,3,18H2,1-2H3,(H,19,21);10H,4-9H2,1-3H3;2H2,1H3/b13-10+,17-9?;;. The number of benzene rings is 1. The molecule has 1 aromatic carbocycles. The molecule has 0 fully saturated rings. The van der Waals surface area contributed by atoms with E-state index in [1.54, 1.807) is 0 Å². The fourth-order valence-electron chi connectivity index (χ4n) is 3.49. The van der Waals surface area contributed by atoms with Crippen LogP contribution in [0.2, 0.25) is 0 Å². The Bertz CT molecular complexity index is 799. The third-order valence-corrected chi connectivity index (χ3v) is 5.28. The summed E-state index contributed by atoms with van der Waals surface area (Å²) in [5.41, 5.74) is 14.6. The summed E-state index contributed by atoms with van der Waals surface area (Å²) >= 11 is 0. The Kier molecular flexibility index (Phi) is 17.2. The largest absolute Gasteiger partial charge is 0.404 e. The lowest BCUT2D eigenvalue weighted by molar-refractivity contribution is 0.459. The molecule has 0 spiro atoms. The van der Waals surface area contributed by atoms with Crippen LogP contribution in [0.15, 0.2) is 36.5 Å². The van der Waals surface area contributed by atoms with Gasteiger partial charge in [-0.2, -0.15) is 0 Å². The van der Waals surface area contributed by atoms with Crippen molar-refractivity contribution in [3.63, 3.8) is 0 Å². The number of aryl methyl sites for hydroxylation is 1. The molecule has 1 unspecified atom stereocenters. The average molecular weight is 455 g/mol. The lowest BCUT2D eigenvalue weighted by atomic mass is 9.99. The predicted molar refractivity (Wildman–Crippen MR) is 146 cm³/mol. The third kappa shape index (κ3) is 11.6. The maximum absolute atomic E-state index is 7.35. The first-order valence-electron chi connectivity index (χ1n) is 12.2. The molecule has 6 nitrogen and oxygen atoms in total. The maximum atomic E-state index is 7.35. The van der Waals surface area contributed by atoms with Crippen molar-refractivity contribution in [3.05, 3.63) is 47.7 Å². The van der Waals surface area contributed by atoms with Gasteiger partial charge in [0.15, 0.2) is 0 Å². The maximum Gasteiger partial charge on any atom is 0.148 e. The predicted octanol–water partition coefficient (Wildman–Crippen LogP) is 6.41. The summed E-state index contributed by atoms with van der Waals surface area (Å²) in [6.45, 7) is 11.8. The molecule has 2 aromatic rings. The van der Waals surface area contributed by atoms with Gasteiger partial charge in [0.25, 0.3) is 0 Å². The van der Waals surface area contributed by atoms with Gasteiger partial charge in [-0.05, 0) is 50.1 Å². The van der Waals surface area contributed by atoms with Crippen LogP contribution in [0.1, 0.15) is 77.3 Å². The van der Waals surface area contributed by atoms with Crippen LogP contribution in [0, 0.1) is 18.3 Å². The molecule has 33 heavy (non-hydrogen) atoms. The van der Waals surface area contributed by atoms with Gasteiger partial charge < -0.3 is 22.2 Å². The molecule has 6 N–H and O–H groups in total. The molecule has 0 aliphatic heterocycles. The lowest BCUT2D eigenvalue weighted by Gasteiger charge is -2.09. The molecule has 2 rings (SSSR count). The Morgan fingerprint density at radius 2 is 1.76 bits per heavy atom. The topological polar surface area (TPSA) is 114 Å². The van der Waals surface area contributed by atoms with E-state index in [0.717, 1.165) is 40.7 Å². The van der Waals surface area contributed by atoms with Gasteiger partial charge in [-0.1, -0.05) is 77.5 Å². The van der Waals surface area contributed by atoms with E-state index >= 15 is 0 Å². The van der Waals surface area contributed by atoms with Crippen LogP contribution in [0.3, 0.4) is 0 Å². The molecule has 0 radical (unpaired) electrons. The zero-order valence-corrected chi connectivity index (χ0v) is 21.6. The quantitative estimate of drug-likeness (QED) is 0.231. The molecule has 184 valence electrons. The number of nitrogens with two attached hydrogens (primary N) is 2. The minimum atomic E-state index is 0.693. The van der Waals surface area contributed by atoms with Gasteiger partial charge in [-0.25, -0.2) is 0 Å². The number of anilines is 1. The SMILES string of the molecule is CCCCCC(C)CCC.CCNc1ccc(-c2ccc(/C(C=N)=C/N)cc2C)nn1.CN. The van der Waals surface area contributed by atoms with E-state index in [1.165, 1.54) is 58.0 Å². The molecule has 1 heterocycles. The Balaban J connectivity index is 0.000000722. The second-order valence-electron chi connectivity index (χ2n) is 8.02. The van der Waals surface area contributed by atoms with Crippen LogP contribution in [-0.2, 0) is 0 Å². The van der Waals surface area contributed by atoms with Crippen LogP contribution in [0.5, 0.6) is 0 Å². The number of allylic oxidation sites excluding steroid dienone is 1. The second kappa shape index (κ2) is 18.8. The first kappa shape index (κ1) is 30.3. The smallest absolute Gasteiger partial charge is 0.148 e. The van der Waals surface area contributed by atoms with Crippen molar-refractivity contribution < 1.29 is 0 Å². The van der Waals surface area contributed by atoms with Gasteiger partial charge in [-0.15, -0.1) is 10.2 Å². The van der Waals surface area contributed by atoms with E-state index < -0.39 is 0 Å². The summed E-state index contributed by atoms with van der Waals surface area (Å²) in [6, 6.07) is 9.78. The molecule has 0 aliphatic rings. The molecule has 0 saturated heterocycles. The van der Waals surface area contributed by atoms with Gasteiger partial charge in [0.05, 0.1) is 5.69 Å². The highest BCUT2D eigenvalue weighted by Gasteiger charge is 2.07. The van der Waals surface area contributed by atoms with Crippen molar-refractivity contribution >= 4 is 17.6 Å². The number of aromatic nitrogens is 2. The molecule has 6 heteroatoms. The highest BCUT2D eigenvalue weighted by molar-refractivity contribution is 6.08. The van der Waals surface area contributed by atoms with Gasteiger partial charge >= 0.3 is 0 Å². The second-order valence-corrected chi connectivity index (χ2v) is 8.02. The molecule has 0 saturated carbocycles. The Hall–Kier alpha value is -2.73. The number of rotatable bonds is 11. The van der Waals surface area contributed by atoms with E-state index in [-0.39, 0.29) is 0 Å². The van der Waals surface area contributed by atoms with Crippen LogP contribution in [-0.4, -0.2) is 30.0 Å². The van der Waals surface area contributed by atoms with Crippen molar-refractivity contribution in [3.8, 4) is 11.3 Å². The van der Waals surface area contributed by atoms with Crippen LogP contribution >= 0.6 is 0 Å². The van der Waals surface area contributed by atoms with Crippen molar-refractivity contribution in [1.82, 2.24) is 10.2 Å². The Morgan fingerprint density at radius 3 is 2.24 bits per heavy atom. The number of nitrogens with zero attached hydrogens (tertiary/aromatic N) is 2. The van der Waals surface area contributed by atoms with Crippen molar-refractivity contribution in [1.29, 1.82) is 5.41 Å². The van der Waals surface area contributed by atoms with Crippen LogP contribution < -0.4 is 16.8 Å². The van der Waals surface area contributed by atoms with E-state index in [2.05, 4.69) is 42.0 Å². The first-order valence-corrected chi connectivity index (χ1v) is 12.2. The summed E-state index contributed by atoms with van der Waals surface area (Å²) in [5, 5.41) is 18.9. The van der Waals surface area contributed by atoms with Crippen LogP contribution in [0.4, 0.5) is 5.82 Å². The molecule has 1 aromatic heterocycles. The molecular weight excluding hydrogens is 408 g/mol. The van der Waals surface area contributed by atoms with Gasteiger partial charge in [0.2, 0.25) is 0 Å². The average Bonchev–Trinajstić information content (AvgIpc) is 2.83. The normalized spacial score (nSPS) is 11.4. The van der Waals surface area contributed by atoms with Gasteiger partial charge in [0, 0.05) is 30.1 Å². The molecular formula is C27H46N6. The number of hydrogen-bond acceptors (Lipinski definition) is 6. The van der Waals surface area contributed by atoms with Crippen LogP contribution in [0.25, 0.3) is 16.8 Å². The minimum Gasteiger partial charge on any atom is -0.404 e. The zero-order valence-electron chi connectivity index (χ0n) is 21.6. The zero-order chi connectivity index (χ0) is 25.1. The highest BCUT2D eigenvalue weighted by atomic mass is 15.2. The van der Waals surface area contributed by atoms with E-state index in [9.17, 15) is 0 Å². The Morgan fingerprint density at radius 1 is 1.03 bits per heavy atom. The summed E-state index contributed by atoms with van der Waals surface area (Å²) in [7, 11) is 1.50. The fourth-order valence-corrected chi connectivity index (χ4v) is 3.49. The molecule has 0 aliphatic carbocycles. The molecule has 0 bridgehead atoms. The summed E-state index contributed by atoms with van der Waals surface area (Å²) in [4.78, 5) is 0. The van der Waals surface area contributed by atoms with E-state index in [4.69, 9.17) is 11.1 Å². The molecule has 1 atom stereocenters. The minimum absolute atomic E-state index is 0.693. The summed E-state index contributed by atoms with van der Waals surface area (Å²) < 4.78 is 0. The monoisotopic (exact) mass is 454 g/mol. The van der Waals surface area contributed by atoms with Gasteiger partial charge in [0.1, 0.15) is 5.82 Å². The first-order chi connectivity index (χ1) is 16.0. The summed E-state index contributed by atoms with van der Waals surface area (Å²) in [5.74, 6) is 1.74. The van der Waals surface area contributed by atoms with E-state index in [0.29, 0.717) is 5.57 Å². The lowest BCUT2D eigenvalue weighted by Crippen LogP contribution is -2.01. The van der Waals surface area contributed by atoms with Crippen molar-refractivity contribution in [2.75, 3.05) is 18.9 Å². The van der Waals surface area contributed by atoms with Gasteiger partial charge in [-0.3, -0.25) is 0 Å². The highest BCUT2D eigenvalue weighted by Crippen LogP contribution is 2.24.